The van der Waals surface area contributed by atoms with Crippen LogP contribution in [0, 0.1) is 13.8 Å². The van der Waals surface area contributed by atoms with Crippen LogP contribution in [0.5, 0.6) is 23.0 Å². The molecule has 8 nitrogen and oxygen atoms in total. The molecular weight excluding hydrogens is 438 g/mol. The zero-order chi connectivity index (χ0) is 23.7. The lowest BCUT2D eigenvalue weighted by molar-refractivity contribution is -0.153. The normalized spacial score (nSPS) is 18.3. The highest BCUT2D eigenvalue weighted by Crippen LogP contribution is 2.32. The lowest BCUT2D eigenvalue weighted by Crippen LogP contribution is -2.38. The number of nitrogens with zero attached hydrogens (tertiary/aromatic N) is 1. The molecule has 0 unspecified atom stereocenters. The van der Waals surface area contributed by atoms with Gasteiger partial charge < -0.3 is 28.3 Å². The number of fused-ring (bicyclic) bond motifs is 2. The number of benzene rings is 2. The predicted molar refractivity (Wildman–Crippen MR) is 122 cm³/mol. The first-order valence-corrected chi connectivity index (χ1v) is 11.1. The summed E-state index contributed by atoms with van der Waals surface area (Å²) in [6, 6.07) is 16.4. The van der Waals surface area contributed by atoms with Gasteiger partial charge in [0.15, 0.2) is 35.7 Å². The summed E-state index contributed by atoms with van der Waals surface area (Å²) in [7, 11) is 0. The van der Waals surface area contributed by atoms with Crippen LogP contribution in [0.4, 0.5) is 0 Å². The standard InChI is InChI=1S/C26H25NO7/c1-16-11-19(17(2)27(16)12-18-13-30-21-7-3-5-9-23(21)33-18)20(28)14-32-26(29)25-15-31-22-8-4-6-10-24(22)34-25/h3-11,18,25H,12-15H2,1-2H3/t18-,25-/m0/s1. The van der Waals surface area contributed by atoms with E-state index in [2.05, 4.69) is 0 Å². The molecule has 176 valence electrons. The number of hydrogen-bond donors (Lipinski definition) is 0. The molecule has 3 heterocycles. The van der Waals surface area contributed by atoms with E-state index < -0.39 is 12.1 Å². The molecule has 0 spiro atoms. The number of carbonyl (C=O) groups excluding carboxylic acids is 2. The van der Waals surface area contributed by atoms with E-state index in [4.69, 9.17) is 23.7 Å². The van der Waals surface area contributed by atoms with E-state index in [1.807, 2.05) is 48.7 Å². The van der Waals surface area contributed by atoms with Crippen molar-refractivity contribution in [2.24, 2.45) is 0 Å². The van der Waals surface area contributed by atoms with Crippen LogP contribution >= 0.6 is 0 Å². The van der Waals surface area contributed by atoms with Crippen molar-refractivity contribution in [2.45, 2.75) is 32.6 Å². The maximum absolute atomic E-state index is 12.9. The van der Waals surface area contributed by atoms with Crippen LogP contribution in [0.1, 0.15) is 21.7 Å². The molecule has 0 saturated heterocycles. The third kappa shape index (κ3) is 4.31. The number of Topliss-reactive ketones (excluding diaryl/α,β-unsaturated/α-hetero) is 1. The number of rotatable bonds is 6. The van der Waals surface area contributed by atoms with Crippen molar-refractivity contribution in [3.8, 4) is 23.0 Å². The van der Waals surface area contributed by atoms with Gasteiger partial charge in [-0.3, -0.25) is 4.79 Å². The minimum Gasteiger partial charge on any atom is -0.486 e. The van der Waals surface area contributed by atoms with E-state index in [1.54, 1.807) is 24.3 Å². The van der Waals surface area contributed by atoms with Crippen LogP contribution in [-0.4, -0.2) is 48.3 Å². The Balaban J connectivity index is 1.20. The molecule has 34 heavy (non-hydrogen) atoms. The molecule has 5 rings (SSSR count). The maximum Gasteiger partial charge on any atom is 0.351 e. The zero-order valence-electron chi connectivity index (χ0n) is 19.0. The molecule has 0 bridgehead atoms. The number of esters is 1. The minimum atomic E-state index is -0.915. The van der Waals surface area contributed by atoms with Gasteiger partial charge in [0.25, 0.3) is 0 Å². The van der Waals surface area contributed by atoms with Gasteiger partial charge in [-0.1, -0.05) is 24.3 Å². The van der Waals surface area contributed by atoms with E-state index in [0.717, 1.165) is 17.1 Å². The van der Waals surface area contributed by atoms with Crippen LogP contribution in [0.2, 0.25) is 0 Å². The van der Waals surface area contributed by atoms with Gasteiger partial charge in [-0.05, 0) is 44.2 Å². The average molecular weight is 463 g/mol. The van der Waals surface area contributed by atoms with Crippen molar-refractivity contribution in [3.05, 3.63) is 71.5 Å². The summed E-state index contributed by atoms with van der Waals surface area (Å²) >= 11 is 0. The van der Waals surface area contributed by atoms with Crippen molar-refractivity contribution in [2.75, 3.05) is 19.8 Å². The Morgan fingerprint density at radius 2 is 1.53 bits per heavy atom. The summed E-state index contributed by atoms with van der Waals surface area (Å²) in [5, 5.41) is 0. The maximum atomic E-state index is 12.9. The summed E-state index contributed by atoms with van der Waals surface area (Å²) in [5.74, 6) is 1.57. The predicted octanol–water partition coefficient (Wildman–Crippen LogP) is 3.51. The van der Waals surface area contributed by atoms with Gasteiger partial charge in [0.1, 0.15) is 13.2 Å². The third-order valence-electron chi connectivity index (χ3n) is 5.94. The smallest absolute Gasteiger partial charge is 0.351 e. The zero-order valence-corrected chi connectivity index (χ0v) is 19.0. The number of hydrogen-bond acceptors (Lipinski definition) is 7. The Labute approximate surface area is 196 Å². The summed E-state index contributed by atoms with van der Waals surface area (Å²) < 4.78 is 30.3. The van der Waals surface area contributed by atoms with Gasteiger partial charge in [-0.2, -0.15) is 0 Å². The van der Waals surface area contributed by atoms with E-state index >= 15 is 0 Å². The monoisotopic (exact) mass is 463 g/mol. The Hall–Kier alpha value is -3.94. The molecule has 0 N–H and O–H groups in total. The summed E-state index contributed by atoms with van der Waals surface area (Å²) in [6.45, 7) is 4.41. The molecule has 8 heteroatoms. The van der Waals surface area contributed by atoms with E-state index in [0.29, 0.717) is 36.0 Å². The summed E-state index contributed by atoms with van der Waals surface area (Å²) in [4.78, 5) is 25.3. The fourth-order valence-electron chi connectivity index (χ4n) is 4.16. The molecule has 0 aliphatic carbocycles. The van der Waals surface area contributed by atoms with Crippen LogP contribution in [0.15, 0.2) is 54.6 Å². The molecule has 0 amide bonds. The molecule has 1 aromatic heterocycles. The molecule has 3 aromatic rings. The highest BCUT2D eigenvalue weighted by molar-refractivity contribution is 5.99. The molecule has 0 radical (unpaired) electrons. The SMILES string of the molecule is Cc1cc(C(=O)COC(=O)[C@@H]2COc3ccccc3O2)c(C)n1C[C@H]1COc2ccccc2O1. The van der Waals surface area contributed by atoms with Gasteiger partial charge >= 0.3 is 5.97 Å². The second kappa shape index (κ2) is 9.13. The molecule has 2 aliphatic rings. The average Bonchev–Trinajstić information content (AvgIpc) is 3.15. The first-order chi connectivity index (χ1) is 16.5. The topological polar surface area (TPSA) is 85.2 Å². The molecule has 2 atom stereocenters. The molecule has 2 aliphatic heterocycles. The van der Waals surface area contributed by atoms with E-state index in [9.17, 15) is 9.59 Å². The largest absolute Gasteiger partial charge is 0.486 e. The quantitative estimate of drug-likeness (QED) is 0.409. The minimum absolute atomic E-state index is 0.0329. The summed E-state index contributed by atoms with van der Waals surface area (Å²) in [6.07, 6.45) is -1.10. The molecular formula is C26H25NO7. The Kier molecular flexibility index (Phi) is 5.88. The van der Waals surface area contributed by atoms with E-state index in [-0.39, 0.29) is 25.1 Å². The Morgan fingerprint density at radius 3 is 2.24 bits per heavy atom. The number of carbonyl (C=O) groups is 2. The van der Waals surface area contributed by atoms with Gasteiger partial charge in [0.2, 0.25) is 11.9 Å². The number of ketones is 1. The van der Waals surface area contributed by atoms with Crippen molar-refractivity contribution >= 4 is 11.8 Å². The highest BCUT2D eigenvalue weighted by Gasteiger charge is 2.30. The van der Waals surface area contributed by atoms with Crippen molar-refractivity contribution in [1.82, 2.24) is 4.57 Å². The third-order valence-corrected chi connectivity index (χ3v) is 5.94. The van der Waals surface area contributed by atoms with Crippen molar-refractivity contribution < 1.29 is 33.3 Å². The number of aromatic nitrogens is 1. The molecule has 2 aromatic carbocycles. The number of para-hydroxylation sites is 4. The second-order valence-corrected chi connectivity index (χ2v) is 8.29. The Bertz CT molecular complexity index is 1230. The molecule has 0 fully saturated rings. The lowest BCUT2D eigenvalue weighted by atomic mass is 10.1. The number of ether oxygens (including phenoxy) is 5. The first kappa shape index (κ1) is 21.9. The van der Waals surface area contributed by atoms with Gasteiger partial charge in [-0.15, -0.1) is 0 Å². The molecule has 0 saturated carbocycles. The van der Waals surface area contributed by atoms with Crippen molar-refractivity contribution in [1.29, 1.82) is 0 Å². The van der Waals surface area contributed by atoms with Crippen LogP contribution < -0.4 is 18.9 Å². The highest BCUT2D eigenvalue weighted by atomic mass is 16.6. The van der Waals surface area contributed by atoms with Gasteiger partial charge in [-0.25, -0.2) is 4.79 Å². The van der Waals surface area contributed by atoms with E-state index in [1.165, 1.54) is 0 Å². The van der Waals surface area contributed by atoms with Crippen LogP contribution in [0.25, 0.3) is 0 Å². The van der Waals surface area contributed by atoms with Gasteiger partial charge in [0, 0.05) is 17.0 Å². The van der Waals surface area contributed by atoms with Crippen molar-refractivity contribution in [3.63, 3.8) is 0 Å². The Morgan fingerprint density at radius 1 is 0.912 bits per heavy atom. The second-order valence-electron chi connectivity index (χ2n) is 8.29. The van der Waals surface area contributed by atoms with Gasteiger partial charge in [0.05, 0.1) is 6.54 Å². The summed E-state index contributed by atoms with van der Waals surface area (Å²) in [5.41, 5.74) is 2.20. The fraction of sp³-hybridized carbons (Fsp3) is 0.308. The lowest BCUT2D eigenvalue weighted by Gasteiger charge is -2.27. The van der Waals surface area contributed by atoms with Crippen LogP contribution in [-0.2, 0) is 16.1 Å². The number of aryl methyl sites for hydroxylation is 1. The first-order valence-electron chi connectivity index (χ1n) is 11.1. The fourth-order valence-corrected chi connectivity index (χ4v) is 4.16. The van der Waals surface area contributed by atoms with Crippen LogP contribution in [0.3, 0.4) is 0 Å².